The van der Waals surface area contributed by atoms with Gasteiger partial charge in [-0.05, 0) is 26.3 Å². The molecule has 0 unspecified atom stereocenters. The van der Waals surface area contributed by atoms with Crippen LogP contribution in [0.2, 0.25) is 0 Å². The normalized spacial score (nSPS) is 12.0. The second kappa shape index (κ2) is 10.8. The Morgan fingerprint density at radius 3 is 2.23 bits per heavy atom. The average Bonchev–Trinajstić information content (AvgIpc) is 2.80. The second-order valence-electron chi connectivity index (χ2n) is 8.76. The van der Waals surface area contributed by atoms with Crippen molar-refractivity contribution in [3.63, 3.8) is 0 Å². The molecule has 3 rings (SSSR count). The lowest BCUT2D eigenvalue weighted by atomic mass is 10.1. The van der Waals surface area contributed by atoms with E-state index in [-0.39, 0.29) is 23.5 Å². The van der Waals surface area contributed by atoms with Crippen molar-refractivity contribution in [2.75, 3.05) is 0 Å². The van der Waals surface area contributed by atoms with Gasteiger partial charge in [-0.25, -0.2) is 9.59 Å². The zero-order chi connectivity index (χ0) is 25.6. The third kappa shape index (κ3) is 7.10. The van der Waals surface area contributed by atoms with Crippen LogP contribution in [0.4, 0.5) is 4.79 Å². The fraction of sp³-hybridized carbons (Fsp3) is 0.269. The van der Waals surface area contributed by atoms with E-state index in [0.717, 1.165) is 11.6 Å². The Morgan fingerprint density at radius 1 is 0.943 bits per heavy atom. The largest absolute Gasteiger partial charge is 0.504 e. The van der Waals surface area contributed by atoms with Gasteiger partial charge < -0.3 is 29.7 Å². The Morgan fingerprint density at radius 2 is 1.57 bits per heavy atom. The summed E-state index contributed by atoms with van der Waals surface area (Å²) >= 11 is 0. The van der Waals surface area contributed by atoms with Crippen LogP contribution in [0.3, 0.4) is 0 Å². The predicted octanol–water partition coefficient (Wildman–Crippen LogP) is 4.18. The van der Waals surface area contributed by atoms with Crippen LogP contribution in [-0.2, 0) is 25.7 Å². The molecule has 0 saturated heterocycles. The maximum Gasteiger partial charge on any atom is 0.408 e. The van der Waals surface area contributed by atoms with Crippen LogP contribution in [0.25, 0.3) is 10.8 Å². The number of hydrogen-bond acceptors (Lipinski definition) is 8. The highest BCUT2D eigenvalue weighted by atomic mass is 16.6. The minimum atomic E-state index is -1.39. The Bertz CT molecular complexity index is 1220. The third-order valence-corrected chi connectivity index (χ3v) is 4.75. The fourth-order valence-corrected chi connectivity index (χ4v) is 3.20. The highest BCUT2D eigenvalue weighted by Gasteiger charge is 2.29. The van der Waals surface area contributed by atoms with Crippen LogP contribution >= 0.6 is 0 Å². The zero-order valence-electron chi connectivity index (χ0n) is 19.6. The number of rotatable bonds is 7. The molecular formula is C26H27NO8. The molecule has 0 bridgehead atoms. The van der Waals surface area contributed by atoms with Crippen molar-refractivity contribution >= 4 is 28.8 Å². The van der Waals surface area contributed by atoms with E-state index >= 15 is 0 Å². The summed E-state index contributed by atoms with van der Waals surface area (Å²) in [6.07, 6.45) is -1.47. The van der Waals surface area contributed by atoms with Gasteiger partial charge in [-0.15, -0.1) is 0 Å². The predicted molar refractivity (Wildman–Crippen MR) is 127 cm³/mol. The number of benzene rings is 3. The van der Waals surface area contributed by atoms with E-state index in [1.807, 2.05) is 6.07 Å². The van der Waals surface area contributed by atoms with Crippen LogP contribution in [-0.4, -0.2) is 39.9 Å². The van der Waals surface area contributed by atoms with Crippen LogP contribution in [0.5, 0.6) is 17.2 Å². The number of carbonyl (C=O) groups excluding carboxylic acids is 3. The molecule has 3 aromatic rings. The van der Waals surface area contributed by atoms with Crippen LogP contribution in [0.15, 0.2) is 60.7 Å². The van der Waals surface area contributed by atoms with Crippen LogP contribution in [0, 0.1) is 0 Å². The lowest BCUT2D eigenvalue weighted by Crippen LogP contribution is -2.45. The summed E-state index contributed by atoms with van der Waals surface area (Å²) in [5.41, 5.74) is -0.101. The Hall–Kier alpha value is -4.27. The van der Waals surface area contributed by atoms with E-state index in [0.29, 0.717) is 5.39 Å². The monoisotopic (exact) mass is 481 g/mol. The Balaban J connectivity index is 1.76. The first-order valence-electron chi connectivity index (χ1n) is 10.9. The van der Waals surface area contributed by atoms with Crippen molar-refractivity contribution < 1.29 is 38.8 Å². The van der Waals surface area contributed by atoms with Crippen LogP contribution in [0.1, 0.15) is 32.8 Å². The SMILES string of the molecule is CC(C)(C)OC(=O)N[C@@H](CC(=O)Oc1cc(O)c(O)c2ccccc12)C(=O)OCc1ccccc1. The van der Waals surface area contributed by atoms with Gasteiger partial charge >= 0.3 is 18.0 Å². The maximum atomic E-state index is 12.7. The number of alkyl carbamates (subject to hydrolysis) is 1. The molecule has 0 aromatic heterocycles. The first kappa shape index (κ1) is 25.4. The lowest BCUT2D eigenvalue weighted by Gasteiger charge is -2.22. The van der Waals surface area contributed by atoms with E-state index in [9.17, 15) is 24.6 Å². The smallest absolute Gasteiger partial charge is 0.408 e. The van der Waals surface area contributed by atoms with Crippen molar-refractivity contribution in [2.45, 2.75) is 45.4 Å². The Kier molecular flexibility index (Phi) is 7.80. The summed E-state index contributed by atoms with van der Waals surface area (Å²) in [6, 6.07) is 15.1. The van der Waals surface area contributed by atoms with Gasteiger partial charge in [-0.2, -0.15) is 0 Å². The van der Waals surface area contributed by atoms with Crippen molar-refractivity contribution in [3.8, 4) is 17.2 Å². The summed E-state index contributed by atoms with van der Waals surface area (Å²) in [6.45, 7) is 4.92. The molecule has 3 N–H and O–H groups in total. The Labute approximate surface area is 202 Å². The maximum absolute atomic E-state index is 12.7. The van der Waals surface area contributed by atoms with Gasteiger partial charge in [0.2, 0.25) is 0 Å². The quantitative estimate of drug-likeness (QED) is 0.260. The van der Waals surface area contributed by atoms with Gasteiger partial charge in [-0.1, -0.05) is 54.6 Å². The molecule has 0 heterocycles. The van der Waals surface area contributed by atoms with E-state index < -0.39 is 41.8 Å². The van der Waals surface area contributed by atoms with E-state index in [1.54, 1.807) is 69.3 Å². The number of phenolic OH excluding ortho intramolecular Hbond substituents is 2. The molecule has 3 aromatic carbocycles. The minimum absolute atomic E-state index is 0.0189. The molecule has 0 spiro atoms. The van der Waals surface area contributed by atoms with Gasteiger partial charge in [-0.3, -0.25) is 4.79 Å². The van der Waals surface area contributed by atoms with Gasteiger partial charge in [0, 0.05) is 16.8 Å². The molecule has 35 heavy (non-hydrogen) atoms. The summed E-state index contributed by atoms with van der Waals surface area (Å²) in [7, 11) is 0. The van der Waals surface area contributed by atoms with E-state index in [4.69, 9.17) is 14.2 Å². The van der Waals surface area contributed by atoms with Gasteiger partial charge in [0.05, 0.1) is 6.42 Å². The number of nitrogens with one attached hydrogen (secondary N) is 1. The third-order valence-electron chi connectivity index (χ3n) is 4.75. The number of carbonyl (C=O) groups is 3. The number of aromatic hydroxyl groups is 2. The van der Waals surface area contributed by atoms with Gasteiger partial charge in [0.15, 0.2) is 11.5 Å². The summed E-state index contributed by atoms with van der Waals surface area (Å²) in [5, 5.41) is 23.1. The number of phenols is 2. The lowest BCUT2D eigenvalue weighted by molar-refractivity contribution is -0.150. The average molecular weight is 482 g/mol. The second-order valence-corrected chi connectivity index (χ2v) is 8.76. The first-order chi connectivity index (χ1) is 16.5. The zero-order valence-corrected chi connectivity index (χ0v) is 19.6. The van der Waals surface area contributed by atoms with Gasteiger partial charge in [0.1, 0.15) is 24.0 Å². The highest BCUT2D eigenvalue weighted by Crippen LogP contribution is 2.39. The molecule has 9 nitrogen and oxygen atoms in total. The molecule has 0 aliphatic heterocycles. The van der Waals surface area contributed by atoms with E-state index in [2.05, 4.69) is 5.32 Å². The fourth-order valence-electron chi connectivity index (χ4n) is 3.20. The molecule has 0 aliphatic carbocycles. The molecule has 1 amide bonds. The topological polar surface area (TPSA) is 131 Å². The van der Waals surface area contributed by atoms with Crippen molar-refractivity contribution in [1.29, 1.82) is 0 Å². The van der Waals surface area contributed by atoms with E-state index in [1.165, 1.54) is 0 Å². The van der Waals surface area contributed by atoms with Gasteiger partial charge in [0.25, 0.3) is 0 Å². The molecular weight excluding hydrogens is 454 g/mol. The molecule has 0 aliphatic rings. The molecule has 0 saturated carbocycles. The summed E-state index contributed by atoms with van der Waals surface area (Å²) in [5.74, 6) is -2.57. The van der Waals surface area contributed by atoms with Crippen molar-refractivity contribution in [3.05, 3.63) is 66.2 Å². The highest BCUT2D eigenvalue weighted by molar-refractivity contribution is 5.97. The molecule has 9 heteroatoms. The molecule has 1 atom stereocenters. The number of hydrogen-bond donors (Lipinski definition) is 3. The summed E-state index contributed by atoms with van der Waals surface area (Å²) < 4.78 is 15.9. The first-order valence-corrected chi connectivity index (χ1v) is 10.9. The van der Waals surface area contributed by atoms with Crippen molar-refractivity contribution in [2.24, 2.45) is 0 Å². The standard InChI is InChI=1S/C26H27NO8/c1-26(2,3)35-25(32)27-19(24(31)33-15-16-9-5-4-6-10-16)13-22(29)34-21-14-20(28)23(30)18-12-8-7-11-17(18)21/h4-12,14,19,28,30H,13,15H2,1-3H3,(H,27,32)/t19-/m0/s1. The number of amides is 1. The molecule has 184 valence electrons. The number of ether oxygens (including phenoxy) is 3. The molecule has 0 radical (unpaired) electrons. The molecule has 0 fully saturated rings. The number of esters is 2. The number of fused-ring (bicyclic) bond motifs is 1. The minimum Gasteiger partial charge on any atom is -0.504 e. The summed E-state index contributed by atoms with van der Waals surface area (Å²) in [4.78, 5) is 37.8. The van der Waals surface area contributed by atoms with Crippen LogP contribution < -0.4 is 10.1 Å². The van der Waals surface area contributed by atoms with Crippen molar-refractivity contribution in [1.82, 2.24) is 5.32 Å².